The monoisotopic (exact) mass is 265 g/mol. The Kier molecular flexibility index (Phi) is 5.99. The first-order valence-electron chi connectivity index (χ1n) is 6.45. The fraction of sp³-hybridized carbons (Fsp3) is 0.533. The van der Waals surface area contributed by atoms with E-state index in [0.717, 1.165) is 17.5 Å². The molecule has 106 valence electrons. The van der Waals surface area contributed by atoms with Gasteiger partial charge in [-0.1, -0.05) is 6.07 Å². The average molecular weight is 265 g/mol. The summed E-state index contributed by atoms with van der Waals surface area (Å²) in [5, 5.41) is 0. The number of methoxy groups -OCH3 is 2. The standard InChI is InChI=1S/C15H23NO3/c1-10-7-8-12(15(19-4)11(10)2)14(17)13(16)6-5-9-18-3/h7-8,13H,5-6,9,16H2,1-4H3. The Morgan fingerprint density at radius 3 is 2.58 bits per heavy atom. The molecule has 0 heterocycles. The van der Waals surface area contributed by atoms with Gasteiger partial charge in [-0.2, -0.15) is 0 Å². The number of benzene rings is 1. The van der Waals surface area contributed by atoms with Crippen LogP contribution in [-0.2, 0) is 4.74 Å². The summed E-state index contributed by atoms with van der Waals surface area (Å²) in [6, 6.07) is 3.21. The van der Waals surface area contributed by atoms with Crippen molar-refractivity contribution in [3.63, 3.8) is 0 Å². The summed E-state index contributed by atoms with van der Waals surface area (Å²) in [6.07, 6.45) is 1.39. The lowest BCUT2D eigenvalue weighted by molar-refractivity contribution is 0.0947. The van der Waals surface area contributed by atoms with Gasteiger partial charge < -0.3 is 15.2 Å². The molecule has 4 heteroatoms. The minimum absolute atomic E-state index is 0.0731. The van der Waals surface area contributed by atoms with Crippen molar-refractivity contribution in [1.29, 1.82) is 0 Å². The topological polar surface area (TPSA) is 61.5 Å². The lowest BCUT2D eigenvalue weighted by Crippen LogP contribution is -2.31. The Morgan fingerprint density at radius 1 is 1.32 bits per heavy atom. The molecule has 0 bridgehead atoms. The van der Waals surface area contributed by atoms with Gasteiger partial charge in [0.25, 0.3) is 0 Å². The quantitative estimate of drug-likeness (QED) is 0.606. The van der Waals surface area contributed by atoms with E-state index >= 15 is 0 Å². The fourth-order valence-electron chi connectivity index (χ4n) is 2.03. The summed E-state index contributed by atoms with van der Waals surface area (Å²) in [4.78, 5) is 12.3. The van der Waals surface area contributed by atoms with Gasteiger partial charge in [0, 0.05) is 13.7 Å². The lowest BCUT2D eigenvalue weighted by atomic mass is 9.96. The number of hydrogen-bond acceptors (Lipinski definition) is 4. The van der Waals surface area contributed by atoms with Crippen LogP contribution in [0.5, 0.6) is 5.75 Å². The van der Waals surface area contributed by atoms with E-state index in [-0.39, 0.29) is 5.78 Å². The zero-order chi connectivity index (χ0) is 14.4. The molecule has 0 saturated carbocycles. The first-order valence-corrected chi connectivity index (χ1v) is 6.45. The van der Waals surface area contributed by atoms with Crippen LogP contribution in [0.3, 0.4) is 0 Å². The Morgan fingerprint density at radius 2 is 2.00 bits per heavy atom. The highest BCUT2D eigenvalue weighted by Gasteiger charge is 2.20. The molecule has 4 nitrogen and oxygen atoms in total. The molecule has 0 aliphatic heterocycles. The molecule has 0 saturated heterocycles. The van der Waals surface area contributed by atoms with Crippen LogP contribution in [-0.4, -0.2) is 32.7 Å². The maximum absolute atomic E-state index is 12.3. The summed E-state index contributed by atoms with van der Waals surface area (Å²) in [7, 11) is 3.22. The molecule has 0 radical (unpaired) electrons. The first kappa shape index (κ1) is 15.7. The molecule has 0 spiro atoms. The molecule has 0 aliphatic carbocycles. The van der Waals surface area contributed by atoms with Crippen molar-refractivity contribution in [2.45, 2.75) is 32.7 Å². The molecular formula is C15H23NO3. The second kappa shape index (κ2) is 7.26. The number of ether oxygens (including phenoxy) is 2. The third kappa shape index (κ3) is 3.78. The molecule has 0 aliphatic rings. The van der Waals surface area contributed by atoms with Crippen LogP contribution < -0.4 is 10.5 Å². The van der Waals surface area contributed by atoms with Crippen LogP contribution in [0.2, 0.25) is 0 Å². The Labute approximate surface area is 114 Å². The largest absolute Gasteiger partial charge is 0.496 e. The average Bonchev–Trinajstić information content (AvgIpc) is 2.41. The van der Waals surface area contributed by atoms with Gasteiger partial charge in [-0.15, -0.1) is 0 Å². The first-order chi connectivity index (χ1) is 9.02. The van der Waals surface area contributed by atoms with Crippen LogP contribution >= 0.6 is 0 Å². The van der Waals surface area contributed by atoms with E-state index in [9.17, 15) is 4.79 Å². The van der Waals surface area contributed by atoms with Crippen LogP contribution in [0, 0.1) is 13.8 Å². The van der Waals surface area contributed by atoms with Gasteiger partial charge in [-0.25, -0.2) is 0 Å². The molecule has 2 N–H and O–H groups in total. The molecule has 1 rings (SSSR count). The van der Waals surface area contributed by atoms with Crippen molar-refractivity contribution in [3.05, 3.63) is 28.8 Å². The highest BCUT2D eigenvalue weighted by atomic mass is 16.5. The predicted octanol–water partition coefficient (Wildman–Crippen LogP) is 2.25. The van der Waals surface area contributed by atoms with Crippen LogP contribution in [0.25, 0.3) is 0 Å². The third-order valence-corrected chi connectivity index (χ3v) is 3.35. The zero-order valence-corrected chi connectivity index (χ0v) is 12.2. The smallest absolute Gasteiger partial charge is 0.183 e. The molecule has 1 atom stereocenters. The molecule has 0 aromatic heterocycles. The SMILES string of the molecule is COCCCC(N)C(=O)c1ccc(C)c(C)c1OC. The summed E-state index contributed by atoms with van der Waals surface area (Å²) in [5.74, 6) is 0.559. The van der Waals surface area contributed by atoms with Crippen molar-refractivity contribution in [3.8, 4) is 5.75 Å². The van der Waals surface area contributed by atoms with E-state index in [1.807, 2.05) is 19.9 Å². The number of carbonyl (C=O) groups is 1. The number of rotatable bonds is 7. The van der Waals surface area contributed by atoms with E-state index < -0.39 is 6.04 Å². The van der Waals surface area contributed by atoms with Crippen molar-refractivity contribution in [2.24, 2.45) is 5.73 Å². The number of aryl methyl sites for hydroxylation is 1. The number of hydrogen-bond donors (Lipinski definition) is 1. The van der Waals surface area contributed by atoms with Crippen molar-refractivity contribution < 1.29 is 14.3 Å². The zero-order valence-electron chi connectivity index (χ0n) is 12.2. The number of Topliss-reactive ketones (excluding diaryl/α,β-unsaturated/α-hetero) is 1. The summed E-state index contributed by atoms with van der Waals surface area (Å²) < 4.78 is 10.3. The molecular weight excluding hydrogens is 242 g/mol. The van der Waals surface area contributed by atoms with E-state index in [2.05, 4.69) is 0 Å². The number of ketones is 1. The molecule has 1 aromatic carbocycles. The third-order valence-electron chi connectivity index (χ3n) is 3.35. The Bertz CT molecular complexity index is 443. The highest BCUT2D eigenvalue weighted by molar-refractivity contribution is 6.02. The van der Waals surface area contributed by atoms with Gasteiger partial charge in [-0.3, -0.25) is 4.79 Å². The van der Waals surface area contributed by atoms with Crippen molar-refractivity contribution in [1.82, 2.24) is 0 Å². The molecule has 0 fully saturated rings. The Balaban J connectivity index is 2.90. The maximum atomic E-state index is 12.3. The van der Waals surface area contributed by atoms with E-state index in [1.54, 1.807) is 20.3 Å². The van der Waals surface area contributed by atoms with Gasteiger partial charge in [0.2, 0.25) is 0 Å². The highest BCUT2D eigenvalue weighted by Crippen LogP contribution is 2.27. The second-order valence-corrected chi connectivity index (χ2v) is 4.69. The molecule has 1 unspecified atom stereocenters. The minimum Gasteiger partial charge on any atom is -0.496 e. The second-order valence-electron chi connectivity index (χ2n) is 4.69. The summed E-state index contributed by atoms with van der Waals surface area (Å²) in [5.41, 5.74) is 8.59. The fourth-order valence-corrected chi connectivity index (χ4v) is 2.03. The Hall–Kier alpha value is -1.39. The van der Waals surface area contributed by atoms with Crippen molar-refractivity contribution >= 4 is 5.78 Å². The van der Waals surface area contributed by atoms with E-state index in [1.165, 1.54) is 0 Å². The van der Waals surface area contributed by atoms with Gasteiger partial charge in [0.1, 0.15) is 5.75 Å². The predicted molar refractivity (Wildman–Crippen MR) is 75.9 cm³/mol. The molecule has 0 amide bonds. The number of carbonyl (C=O) groups excluding carboxylic acids is 1. The van der Waals surface area contributed by atoms with Gasteiger partial charge in [-0.05, 0) is 43.9 Å². The van der Waals surface area contributed by atoms with Crippen LogP contribution in [0.15, 0.2) is 12.1 Å². The molecule has 19 heavy (non-hydrogen) atoms. The van der Waals surface area contributed by atoms with E-state index in [0.29, 0.717) is 24.3 Å². The van der Waals surface area contributed by atoms with E-state index in [4.69, 9.17) is 15.2 Å². The minimum atomic E-state index is -0.508. The van der Waals surface area contributed by atoms with Crippen LogP contribution in [0.1, 0.15) is 34.3 Å². The van der Waals surface area contributed by atoms with Crippen LogP contribution in [0.4, 0.5) is 0 Å². The number of nitrogens with two attached hydrogens (primary N) is 1. The maximum Gasteiger partial charge on any atom is 0.183 e. The van der Waals surface area contributed by atoms with Gasteiger partial charge >= 0.3 is 0 Å². The normalized spacial score (nSPS) is 12.3. The van der Waals surface area contributed by atoms with Crippen molar-refractivity contribution in [2.75, 3.05) is 20.8 Å². The lowest BCUT2D eigenvalue weighted by Gasteiger charge is -2.16. The molecule has 1 aromatic rings. The summed E-state index contributed by atoms with van der Waals surface area (Å²) >= 11 is 0. The van der Waals surface area contributed by atoms with Gasteiger partial charge in [0.05, 0.1) is 18.7 Å². The summed E-state index contributed by atoms with van der Waals surface area (Å²) in [6.45, 7) is 4.55. The van der Waals surface area contributed by atoms with Gasteiger partial charge in [0.15, 0.2) is 5.78 Å².